The summed E-state index contributed by atoms with van der Waals surface area (Å²) in [4.78, 5) is 46.0. The molecule has 9 heteroatoms. The van der Waals surface area contributed by atoms with Gasteiger partial charge < -0.3 is 10.1 Å². The number of hydrogen-bond donors (Lipinski definition) is 1. The minimum absolute atomic E-state index is 0.0156. The fourth-order valence-corrected chi connectivity index (χ4v) is 2.71. The number of ether oxygens (including phenoxy) is 1. The summed E-state index contributed by atoms with van der Waals surface area (Å²) in [6.07, 6.45) is 1.69. The normalized spacial score (nSPS) is 10.1. The molecule has 0 unspecified atom stereocenters. The molecule has 0 aliphatic rings. The van der Waals surface area contributed by atoms with E-state index in [-0.39, 0.29) is 17.0 Å². The van der Waals surface area contributed by atoms with Gasteiger partial charge >= 0.3 is 5.97 Å². The Hall–Kier alpha value is -3.20. The summed E-state index contributed by atoms with van der Waals surface area (Å²) >= 11 is 1.19. The van der Waals surface area contributed by atoms with Crippen molar-refractivity contribution in [2.75, 3.05) is 18.2 Å². The second kappa shape index (κ2) is 8.95. The van der Waals surface area contributed by atoms with Crippen LogP contribution in [0.4, 0.5) is 11.4 Å². The average Bonchev–Trinajstić information content (AvgIpc) is 2.65. The van der Waals surface area contributed by atoms with Gasteiger partial charge in [-0.25, -0.2) is 4.79 Å². The molecule has 0 saturated carbocycles. The van der Waals surface area contributed by atoms with Crippen molar-refractivity contribution in [3.8, 4) is 0 Å². The van der Waals surface area contributed by atoms with Crippen LogP contribution in [0.5, 0.6) is 0 Å². The number of rotatable bonds is 7. The molecule has 27 heavy (non-hydrogen) atoms. The van der Waals surface area contributed by atoms with E-state index in [0.29, 0.717) is 16.1 Å². The third-order valence-corrected chi connectivity index (χ3v) is 4.31. The van der Waals surface area contributed by atoms with Crippen molar-refractivity contribution in [3.63, 3.8) is 0 Å². The van der Waals surface area contributed by atoms with Crippen molar-refractivity contribution in [2.45, 2.75) is 11.8 Å². The zero-order valence-corrected chi connectivity index (χ0v) is 15.4. The van der Waals surface area contributed by atoms with Gasteiger partial charge in [-0.15, -0.1) is 11.8 Å². The second-order valence-corrected chi connectivity index (χ2v) is 6.25. The minimum Gasteiger partial charge on any atom is -0.452 e. The lowest BCUT2D eigenvalue weighted by Gasteiger charge is -2.08. The Morgan fingerprint density at radius 1 is 1.11 bits per heavy atom. The molecule has 0 saturated heterocycles. The van der Waals surface area contributed by atoms with Gasteiger partial charge in [-0.2, -0.15) is 0 Å². The van der Waals surface area contributed by atoms with E-state index in [2.05, 4.69) is 5.32 Å². The number of nitro benzene ring substituents is 1. The number of amides is 1. The largest absolute Gasteiger partial charge is 0.452 e. The van der Waals surface area contributed by atoms with Crippen LogP contribution in [0.2, 0.25) is 0 Å². The molecule has 0 fully saturated rings. The second-order valence-electron chi connectivity index (χ2n) is 5.40. The predicted octanol–water partition coefficient (Wildman–Crippen LogP) is 3.31. The molecule has 140 valence electrons. The van der Waals surface area contributed by atoms with Crippen LogP contribution in [0.3, 0.4) is 0 Å². The van der Waals surface area contributed by atoms with Crippen LogP contribution in [0.25, 0.3) is 0 Å². The summed E-state index contributed by atoms with van der Waals surface area (Å²) in [5, 5.41) is 13.6. The SMILES string of the molecule is CSc1ccc(C(=O)OCC(=O)Nc2ccc(C(C)=O)cc2)cc1[N+](=O)[O-]. The molecule has 2 aromatic rings. The van der Waals surface area contributed by atoms with E-state index >= 15 is 0 Å². The van der Waals surface area contributed by atoms with Crippen LogP contribution in [0, 0.1) is 10.1 Å². The first-order chi connectivity index (χ1) is 12.8. The molecule has 1 N–H and O–H groups in total. The minimum atomic E-state index is -0.840. The number of anilines is 1. The number of nitrogens with zero attached hydrogens (tertiary/aromatic N) is 1. The van der Waals surface area contributed by atoms with Crippen LogP contribution < -0.4 is 5.32 Å². The van der Waals surface area contributed by atoms with Crippen molar-refractivity contribution >= 4 is 40.8 Å². The Morgan fingerprint density at radius 2 is 1.74 bits per heavy atom. The molecule has 2 aromatic carbocycles. The van der Waals surface area contributed by atoms with E-state index < -0.39 is 23.4 Å². The molecule has 0 aliphatic carbocycles. The van der Waals surface area contributed by atoms with Gasteiger partial charge in [0, 0.05) is 17.3 Å². The van der Waals surface area contributed by atoms with Crippen molar-refractivity contribution in [1.29, 1.82) is 0 Å². The molecule has 0 atom stereocenters. The lowest BCUT2D eigenvalue weighted by atomic mass is 10.1. The van der Waals surface area contributed by atoms with Gasteiger partial charge in [0.2, 0.25) is 0 Å². The molecule has 8 nitrogen and oxygen atoms in total. The quantitative estimate of drug-likeness (QED) is 0.254. The average molecular weight is 388 g/mol. The first-order valence-corrected chi connectivity index (χ1v) is 8.94. The van der Waals surface area contributed by atoms with Crippen LogP contribution in [-0.2, 0) is 9.53 Å². The highest BCUT2D eigenvalue weighted by Crippen LogP contribution is 2.28. The third-order valence-electron chi connectivity index (χ3n) is 3.52. The van der Waals surface area contributed by atoms with Gasteiger partial charge in [0.05, 0.1) is 15.4 Å². The lowest BCUT2D eigenvalue weighted by molar-refractivity contribution is -0.387. The Morgan fingerprint density at radius 3 is 2.30 bits per heavy atom. The lowest BCUT2D eigenvalue weighted by Crippen LogP contribution is -2.21. The molecule has 0 aliphatic heterocycles. The molecule has 0 aromatic heterocycles. The standard InChI is InChI=1S/C18H16N2O6S/c1-11(21)12-3-6-14(7-4-12)19-17(22)10-26-18(23)13-5-8-16(27-2)15(9-13)20(24)25/h3-9H,10H2,1-2H3,(H,19,22). The number of esters is 1. The highest BCUT2D eigenvalue weighted by Gasteiger charge is 2.18. The Bertz CT molecular complexity index is 895. The first-order valence-electron chi connectivity index (χ1n) is 7.72. The summed E-state index contributed by atoms with van der Waals surface area (Å²) in [5.74, 6) is -1.51. The number of nitrogens with one attached hydrogen (secondary N) is 1. The van der Waals surface area contributed by atoms with Gasteiger partial charge in [-0.3, -0.25) is 19.7 Å². The predicted molar refractivity (Wildman–Crippen MR) is 100 cm³/mol. The Balaban J connectivity index is 1.96. The Labute approximate surface area is 159 Å². The van der Waals surface area contributed by atoms with Crippen LogP contribution >= 0.6 is 11.8 Å². The highest BCUT2D eigenvalue weighted by atomic mass is 32.2. The number of nitro groups is 1. The molecule has 0 radical (unpaired) electrons. The van der Waals surface area contributed by atoms with E-state index in [1.807, 2.05) is 0 Å². The Kier molecular flexibility index (Phi) is 6.67. The molecule has 0 bridgehead atoms. The summed E-state index contributed by atoms with van der Waals surface area (Å²) in [7, 11) is 0. The van der Waals surface area contributed by atoms with E-state index in [9.17, 15) is 24.5 Å². The maximum absolute atomic E-state index is 12.0. The number of hydrogen-bond acceptors (Lipinski definition) is 7. The maximum Gasteiger partial charge on any atom is 0.338 e. The van der Waals surface area contributed by atoms with E-state index in [0.717, 1.165) is 6.07 Å². The van der Waals surface area contributed by atoms with Gasteiger partial charge in [0.15, 0.2) is 12.4 Å². The summed E-state index contributed by atoms with van der Waals surface area (Å²) in [6, 6.07) is 10.2. The van der Waals surface area contributed by atoms with Gasteiger partial charge in [-0.1, -0.05) is 0 Å². The fraction of sp³-hybridized carbons (Fsp3) is 0.167. The number of thioether (sulfide) groups is 1. The van der Waals surface area contributed by atoms with E-state index in [1.165, 1.54) is 30.8 Å². The van der Waals surface area contributed by atoms with Crippen molar-refractivity contribution in [3.05, 3.63) is 63.7 Å². The van der Waals surface area contributed by atoms with Crippen LogP contribution in [0.1, 0.15) is 27.6 Å². The molecule has 1 amide bonds. The molecule has 2 rings (SSSR count). The zero-order valence-electron chi connectivity index (χ0n) is 14.6. The number of ketones is 1. The summed E-state index contributed by atoms with van der Waals surface area (Å²) in [5.41, 5.74) is 0.737. The van der Waals surface area contributed by atoms with Crippen molar-refractivity contribution in [2.24, 2.45) is 0 Å². The molecule has 0 spiro atoms. The smallest absolute Gasteiger partial charge is 0.338 e. The number of carbonyl (C=O) groups is 3. The number of Topliss-reactive ketones (excluding diaryl/α,β-unsaturated/α-hetero) is 1. The summed E-state index contributed by atoms with van der Waals surface area (Å²) < 4.78 is 4.90. The van der Waals surface area contributed by atoms with Gasteiger partial charge in [-0.05, 0) is 49.6 Å². The molecule has 0 heterocycles. The topological polar surface area (TPSA) is 116 Å². The molecular weight excluding hydrogens is 372 g/mol. The maximum atomic E-state index is 12.0. The van der Waals surface area contributed by atoms with Crippen molar-refractivity contribution in [1.82, 2.24) is 0 Å². The summed E-state index contributed by atoms with van der Waals surface area (Å²) in [6.45, 7) is 0.883. The molecular formula is C18H16N2O6S. The third kappa shape index (κ3) is 5.38. The van der Waals surface area contributed by atoms with Crippen LogP contribution in [0.15, 0.2) is 47.4 Å². The van der Waals surface area contributed by atoms with E-state index in [1.54, 1.807) is 30.5 Å². The monoisotopic (exact) mass is 388 g/mol. The number of benzene rings is 2. The van der Waals surface area contributed by atoms with E-state index in [4.69, 9.17) is 4.74 Å². The highest BCUT2D eigenvalue weighted by molar-refractivity contribution is 7.98. The zero-order chi connectivity index (χ0) is 20.0. The van der Waals surface area contributed by atoms with Crippen LogP contribution in [-0.4, -0.2) is 35.4 Å². The van der Waals surface area contributed by atoms with Gasteiger partial charge in [0.1, 0.15) is 0 Å². The number of carbonyl (C=O) groups excluding carboxylic acids is 3. The van der Waals surface area contributed by atoms with Gasteiger partial charge in [0.25, 0.3) is 11.6 Å². The first kappa shape index (κ1) is 20.1. The fourth-order valence-electron chi connectivity index (χ4n) is 2.16. The van der Waals surface area contributed by atoms with Crippen molar-refractivity contribution < 1.29 is 24.0 Å².